The van der Waals surface area contributed by atoms with Gasteiger partial charge in [0.25, 0.3) is 5.91 Å². The quantitative estimate of drug-likeness (QED) is 0.372. The molecule has 28 heavy (non-hydrogen) atoms. The highest BCUT2D eigenvalue weighted by Gasteiger charge is 2.21. The number of nitrogens with one attached hydrogen (secondary N) is 1. The summed E-state index contributed by atoms with van der Waals surface area (Å²) in [5, 5.41) is 13.7. The zero-order valence-corrected chi connectivity index (χ0v) is 16.5. The average Bonchev–Trinajstić information content (AvgIpc) is 3.26. The van der Waals surface area contributed by atoms with Crippen molar-refractivity contribution in [1.82, 2.24) is 9.97 Å². The largest absolute Gasteiger partial charge is 0.463 e. The fraction of sp³-hybridized carbons (Fsp3) is 0.222. The topological polar surface area (TPSA) is 122 Å². The molecule has 0 unspecified atom stereocenters. The first-order chi connectivity index (χ1) is 13.4. The first-order valence-corrected chi connectivity index (χ1v) is 9.85. The molecule has 142 valence electrons. The molecule has 0 fully saturated rings. The first kappa shape index (κ1) is 19.6. The number of Topliss-reactive ketones (excluding diaryl/α,β-unsaturated/α-hetero) is 1. The van der Waals surface area contributed by atoms with Crippen molar-refractivity contribution in [2.24, 2.45) is 0 Å². The lowest BCUT2D eigenvalue weighted by Crippen LogP contribution is -2.17. The summed E-state index contributed by atoms with van der Waals surface area (Å²) in [7, 11) is 0. The molecule has 0 spiro atoms. The second-order valence-electron chi connectivity index (χ2n) is 5.94. The van der Waals surface area contributed by atoms with Crippen molar-refractivity contribution in [1.29, 1.82) is 5.26 Å². The third-order valence-electron chi connectivity index (χ3n) is 3.44. The van der Waals surface area contributed by atoms with Gasteiger partial charge in [0.05, 0.1) is 17.2 Å². The number of ketones is 1. The van der Waals surface area contributed by atoms with E-state index in [0.717, 1.165) is 11.3 Å². The molecule has 3 rings (SSSR count). The number of fused-ring (bicyclic) bond motifs is 1. The Balaban J connectivity index is 1.75. The molecule has 8 nitrogen and oxygen atoms in total. The third-order valence-corrected chi connectivity index (χ3v) is 5.24. The normalized spacial score (nSPS) is 10.6. The van der Waals surface area contributed by atoms with Gasteiger partial charge in [-0.1, -0.05) is 11.3 Å². The lowest BCUT2D eigenvalue weighted by atomic mass is 10.1. The predicted molar refractivity (Wildman–Crippen MR) is 105 cm³/mol. The number of carbonyl (C=O) groups is 3. The molecule has 0 bridgehead atoms. The van der Waals surface area contributed by atoms with Crippen LogP contribution in [0.1, 0.15) is 46.0 Å². The Morgan fingerprint density at radius 1 is 1.36 bits per heavy atom. The summed E-state index contributed by atoms with van der Waals surface area (Å²) >= 11 is 2.25. The van der Waals surface area contributed by atoms with Gasteiger partial charge in [-0.25, -0.2) is 9.97 Å². The second kappa shape index (κ2) is 8.24. The van der Waals surface area contributed by atoms with E-state index in [0.29, 0.717) is 20.9 Å². The number of aromatic nitrogens is 2. The SMILES string of the molecule is CC(C)OC(=O)CC(=O)c1ccsc1NC(=O)c1nc2cc(C#N)cnc2s1. The highest BCUT2D eigenvalue weighted by Crippen LogP contribution is 2.27. The minimum atomic E-state index is -0.617. The summed E-state index contributed by atoms with van der Waals surface area (Å²) in [4.78, 5) is 45.4. The van der Waals surface area contributed by atoms with Crippen molar-refractivity contribution in [3.63, 3.8) is 0 Å². The van der Waals surface area contributed by atoms with Crippen molar-refractivity contribution >= 4 is 55.7 Å². The van der Waals surface area contributed by atoms with Crippen LogP contribution in [0.25, 0.3) is 10.3 Å². The Morgan fingerprint density at radius 3 is 2.86 bits per heavy atom. The van der Waals surface area contributed by atoms with E-state index in [-0.39, 0.29) is 16.7 Å². The standard InChI is InChI=1S/C18H14N4O4S2/c1-9(2)26-14(24)6-13(23)11-3-4-27-16(11)22-15(25)18-21-12-5-10(7-19)8-20-17(12)28-18/h3-5,8-9H,6H2,1-2H3,(H,22,25). The van der Waals surface area contributed by atoms with E-state index < -0.39 is 24.1 Å². The van der Waals surface area contributed by atoms with Crippen LogP contribution in [0.5, 0.6) is 0 Å². The molecule has 0 aromatic carbocycles. The summed E-state index contributed by atoms with van der Waals surface area (Å²) in [6.45, 7) is 3.40. The van der Waals surface area contributed by atoms with Crippen LogP contribution in [0.2, 0.25) is 0 Å². The Bertz CT molecular complexity index is 1110. The number of hydrogen-bond donors (Lipinski definition) is 1. The van der Waals surface area contributed by atoms with Crippen LogP contribution in [-0.4, -0.2) is 33.7 Å². The van der Waals surface area contributed by atoms with E-state index >= 15 is 0 Å². The van der Waals surface area contributed by atoms with Gasteiger partial charge in [-0.15, -0.1) is 11.3 Å². The predicted octanol–water partition coefficient (Wildman–Crippen LogP) is 3.40. The molecule has 10 heteroatoms. The van der Waals surface area contributed by atoms with Crippen molar-refractivity contribution in [3.8, 4) is 6.07 Å². The molecule has 1 N–H and O–H groups in total. The first-order valence-electron chi connectivity index (χ1n) is 8.15. The van der Waals surface area contributed by atoms with E-state index in [9.17, 15) is 14.4 Å². The number of thiophene rings is 1. The number of carbonyl (C=O) groups excluding carboxylic acids is 3. The van der Waals surface area contributed by atoms with Gasteiger partial charge in [-0.3, -0.25) is 14.4 Å². The van der Waals surface area contributed by atoms with E-state index in [2.05, 4.69) is 15.3 Å². The molecular formula is C18H14N4O4S2. The van der Waals surface area contributed by atoms with Crippen LogP contribution < -0.4 is 5.32 Å². The molecule has 0 aliphatic carbocycles. The lowest BCUT2D eigenvalue weighted by molar-refractivity contribution is -0.146. The minimum Gasteiger partial charge on any atom is -0.463 e. The highest BCUT2D eigenvalue weighted by molar-refractivity contribution is 7.20. The Hall–Kier alpha value is -3.16. The molecule has 0 radical (unpaired) electrons. The minimum absolute atomic E-state index is 0.156. The van der Waals surface area contributed by atoms with Crippen LogP contribution >= 0.6 is 22.7 Å². The molecule has 3 heterocycles. The molecular weight excluding hydrogens is 400 g/mol. The maximum atomic E-state index is 12.5. The summed E-state index contributed by atoms with van der Waals surface area (Å²) in [6.07, 6.45) is 0.699. The Labute approximate surface area is 167 Å². The fourth-order valence-corrected chi connectivity index (χ4v) is 3.88. The molecule has 3 aromatic rings. The molecule has 0 saturated heterocycles. The molecule has 0 atom stereocenters. The number of rotatable bonds is 6. The van der Waals surface area contributed by atoms with Gasteiger partial charge in [-0.05, 0) is 31.4 Å². The molecule has 0 saturated carbocycles. The Kier molecular flexibility index (Phi) is 5.77. The van der Waals surface area contributed by atoms with Crippen LogP contribution in [0.15, 0.2) is 23.7 Å². The average molecular weight is 414 g/mol. The molecule has 3 aromatic heterocycles. The number of ether oxygens (including phenoxy) is 1. The maximum Gasteiger partial charge on any atom is 0.313 e. The van der Waals surface area contributed by atoms with Crippen LogP contribution in [0.3, 0.4) is 0 Å². The van der Waals surface area contributed by atoms with Gasteiger partial charge >= 0.3 is 5.97 Å². The van der Waals surface area contributed by atoms with Crippen molar-refractivity contribution in [3.05, 3.63) is 39.8 Å². The number of amides is 1. The van der Waals surface area contributed by atoms with E-state index in [1.165, 1.54) is 17.5 Å². The van der Waals surface area contributed by atoms with Gasteiger partial charge in [0.15, 0.2) is 10.8 Å². The monoisotopic (exact) mass is 414 g/mol. The van der Waals surface area contributed by atoms with Gasteiger partial charge < -0.3 is 10.1 Å². The third kappa shape index (κ3) is 4.39. The summed E-state index contributed by atoms with van der Waals surface area (Å²) in [5.41, 5.74) is 1.04. The maximum absolute atomic E-state index is 12.5. The van der Waals surface area contributed by atoms with Crippen LogP contribution in [0.4, 0.5) is 5.00 Å². The van der Waals surface area contributed by atoms with E-state index in [1.54, 1.807) is 31.4 Å². The number of nitrogens with zero attached hydrogens (tertiary/aromatic N) is 3. The molecule has 0 aliphatic rings. The molecule has 1 amide bonds. The second-order valence-corrected chi connectivity index (χ2v) is 7.83. The van der Waals surface area contributed by atoms with Crippen molar-refractivity contribution in [2.45, 2.75) is 26.4 Å². The number of nitriles is 1. The highest BCUT2D eigenvalue weighted by atomic mass is 32.1. The number of esters is 1. The number of thiazole rings is 1. The number of pyridine rings is 1. The number of anilines is 1. The van der Waals surface area contributed by atoms with Gasteiger partial charge in [-0.2, -0.15) is 5.26 Å². The zero-order valence-electron chi connectivity index (χ0n) is 14.9. The van der Waals surface area contributed by atoms with E-state index in [1.807, 2.05) is 6.07 Å². The van der Waals surface area contributed by atoms with Crippen LogP contribution in [-0.2, 0) is 9.53 Å². The molecule has 0 aliphatic heterocycles. The smallest absolute Gasteiger partial charge is 0.313 e. The number of hydrogen-bond acceptors (Lipinski definition) is 9. The van der Waals surface area contributed by atoms with Gasteiger partial charge in [0, 0.05) is 6.20 Å². The summed E-state index contributed by atoms with van der Waals surface area (Å²) in [6, 6.07) is 5.07. The van der Waals surface area contributed by atoms with Crippen LogP contribution in [0, 0.1) is 11.3 Å². The van der Waals surface area contributed by atoms with Crippen molar-refractivity contribution in [2.75, 3.05) is 5.32 Å². The summed E-state index contributed by atoms with van der Waals surface area (Å²) in [5.74, 6) is -1.55. The summed E-state index contributed by atoms with van der Waals surface area (Å²) < 4.78 is 4.98. The fourth-order valence-electron chi connectivity index (χ4n) is 2.29. The Morgan fingerprint density at radius 2 is 2.14 bits per heavy atom. The van der Waals surface area contributed by atoms with Gasteiger partial charge in [0.1, 0.15) is 27.8 Å². The zero-order chi connectivity index (χ0) is 20.3. The van der Waals surface area contributed by atoms with E-state index in [4.69, 9.17) is 10.00 Å². The van der Waals surface area contributed by atoms with Gasteiger partial charge in [0.2, 0.25) is 0 Å². The lowest BCUT2D eigenvalue weighted by Gasteiger charge is -2.07. The van der Waals surface area contributed by atoms with Crippen molar-refractivity contribution < 1.29 is 19.1 Å².